The maximum atomic E-state index is 13.3. The number of hydrogen-bond acceptors (Lipinski definition) is 6. The highest BCUT2D eigenvalue weighted by atomic mass is 19.1. The van der Waals surface area contributed by atoms with Crippen molar-refractivity contribution in [2.24, 2.45) is 5.73 Å². The minimum Gasteiger partial charge on any atom is -0.467 e. The van der Waals surface area contributed by atoms with Crippen LogP contribution in [0.5, 0.6) is 5.75 Å². The topological polar surface area (TPSA) is 80.7 Å². The molecule has 162 valence electrons. The molecule has 1 aliphatic heterocycles. The van der Waals surface area contributed by atoms with Gasteiger partial charge in [-0.2, -0.15) is 0 Å². The van der Waals surface area contributed by atoms with Gasteiger partial charge >= 0.3 is 0 Å². The molecule has 0 saturated heterocycles. The van der Waals surface area contributed by atoms with Crippen molar-refractivity contribution in [3.8, 4) is 16.9 Å². The van der Waals surface area contributed by atoms with E-state index in [1.807, 2.05) is 38.1 Å². The molecule has 7 heteroatoms. The number of carbonyl (C=O) groups excluding carboxylic acids is 1. The predicted molar refractivity (Wildman–Crippen MR) is 117 cm³/mol. The van der Waals surface area contributed by atoms with Crippen LogP contribution in [0.15, 0.2) is 59.2 Å². The van der Waals surface area contributed by atoms with E-state index in [4.69, 9.17) is 14.9 Å². The summed E-state index contributed by atoms with van der Waals surface area (Å²) < 4.78 is 24.6. The van der Waals surface area contributed by atoms with Gasteiger partial charge in [0.2, 0.25) is 6.23 Å². The predicted octanol–water partition coefficient (Wildman–Crippen LogP) is 4.15. The summed E-state index contributed by atoms with van der Waals surface area (Å²) in [6.07, 6.45) is 1.79. The van der Waals surface area contributed by atoms with Crippen LogP contribution in [0.25, 0.3) is 11.1 Å². The Labute approximate surface area is 180 Å². The number of fused-ring (bicyclic) bond motifs is 1. The number of aldehydes is 1. The number of nitrogens with two attached hydrogens (primary N) is 1. The molecule has 2 aromatic carbocycles. The van der Waals surface area contributed by atoms with Gasteiger partial charge in [0.15, 0.2) is 6.29 Å². The van der Waals surface area contributed by atoms with Crippen molar-refractivity contribution in [2.45, 2.75) is 38.7 Å². The van der Waals surface area contributed by atoms with Gasteiger partial charge in [-0.25, -0.2) is 4.39 Å². The van der Waals surface area contributed by atoms with Gasteiger partial charge in [0.05, 0.1) is 18.5 Å². The summed E-state index contributed by atoms with van der Waals surface area (Å²) in [5.74, 6) is 1.19. The lowest BCUT2D eigenvalue weighted by Crippen LogP contribution is -2.44. The Balaban J connectivity index is 1.50. The van der Waals surface area contributed by atoms with Crippen LogP contribution in [0.1, 0.15) is 25.2 Å². The number of nitrogens with one attached hydrogen (secondary N) is 1. The third kappa shape index (κ3) is 5.31. The van der Waals surface area contributed by atoms with E-state index >= 15 is 0 Å². The number of halogens is 1. The summed E-state index contributed by atoms with van der Waals surface area (Å²) in [7, 11) is 0. The minimum atomic E-state index is -0.648. The highest BCUT2D eigenvalue weighted by Crippen LogP contribution is 2.36. The second kappa shape index (κ2) is 8.53. The molecule has 0 fully saturated rings. The molecule has 1 aromatic heterocycles. The van der Waals surface area contributed by atoms with E-state index in [-0.39, 0.29) is 5.82 Å². The molecule has 31 heavy (non-hydrogen) atoms. The first kappa shape index (κ1) is 21.1. The van der Waals surface area contributed by atoms with Crippen molar-refractivity contribution in [2.75, 3.05) is 11.9 Å². The molecule has 0 saturated carbocycles. The fourth-order valence-corrected chi connectivity index (χ4v) is 3.73. The molecule has 4 rings (SSSR count). The Bertz CT molecular complexity index is 1060. The highest BCUT2D eigenvalue weighted by Gasteiger charge is 2.22. The van der Waals surface area contributed by atoms with Gasteiger partial charge in [-0.3, -0.25) is 9.69 Å². The molecule has 3 N–H and O–H groups in total. The van der Waals surface area contributed by atoms with Crippen molar-refractivity contribution in [1.82, 2.24) is 4.90 Å². The molecular weight excluding hydrogens is 397 g/mol. The van der Waals surface area contributed by atoms with Crippen LogP contribution in [-0.4, -0.2) is 29.5 Å². The van der Waals surface area contributed by atoms with Gasteiger partial charge < -0.3 is 20.2 Å². The van der Waals surface area contributed by atoms with E-state index in [0.29, 0.717) is 25.4 Å². The first-order valence-corrected chi connectivity index (χ1v) is 10.1. The van der Waals surface area contributed by atoms with Crippen LogP contribution in [-0.2, 0) is 17.9 Å². The zero-order valence-electron chi connectivity index (χ0n) is 17.6. The molecule has 3 aromatic rings. The van der Waals surface area contributed by atoms with Gasteiger partial charge in [-0.15, -0.1) is 0 Å². The number of benzene rings is 2. The Hall–Kier alpha value is -3.16. The van der Waals surface area contributed by atoms with Gasteiger partial charge in [0.25, 0.3) is 0 Å². The Kier molecular flexibility index (Phi) is 5.80. The van der Waals surface area contributed by atoms with E-state index in [1.54, 1.807) is 18.4 Å². The molecule has 6 nitrogen and oxygen atoms in total. The van der Waals surface area contributed by atoms with Crippen LogP contribution < -0.4 is 15.8 Å². The number of hydrogen-bond donors (Lipinski definition) is 2. The molecule has 1 aliphatic rings. The second-order valence-electron chi connectivity index (χ2n) is 8.59. The van der Waals surface area contributed by atoms with Gasteiger partial charge in [0, 0.05) is 24.2 Å². The number of rotatable bonds is 8. The van der Waals surface area contributed by atoms with Crippen LogP contribution in [0.2, 0.25) is 0 Å². The molecule has 0 bridgehead atoms. The zero-order chi connectivity index (χ0) is 22.0. The van der Waals surface area contributed by atoms with Crippen LogP contribution >= 0.6 is 0 Å². The van der Waals surface area contributed by atoms with Gasteiger partial charge in [-0.1, -0.05) is 18.2 Å². The molecule has 2 heterocycles. The van der Waals surface area contributed by atoms with Crippen molar-refractivity contribution < 1.29 is 18.3 Å². The maximum absolute atomic E-state index is 13.3. The monoisotopic (exact) mass is 423 g/mol. The third-order valence-electron chi connectivity index (χ3n) is 4.97. The van der Waals surface area contributed by atoms with Crippen LogP contribution in [0.4, 0.5) is 10.1 Å². The summed E-state index contributed by atoms with van der Waals surface area (Å²) in [5, 5.41) is 2.99. The summed E-state index contributed by atoms with van der Waals surface area (Å²) in [4.78, 5) is 13.1. The number of anilines is 1. The first-order valence-electron chi connectivity index (χ1n) is 10.1. The average Bonchev–Trinajstić information content (AvgIpc) is 3.34. The fraction of sp³-hybridized carbons (Fsp3) is 0.292. The summed E-state index contributed by atoms with van der Waals surface area (Å²) >= 11 is 0. The largest absolute Gasteiger partial charge is 0.467 e. The van der Waals surface area contributed by atoms with Crippen molar-refractivity contribution in [3.05, 3.63) is 71.9 Å². The standard InChI is InChI=1S/C24H26FN3O3/c1-24(2,26)15-28(11-16-3-6-19(25)7-4-16)12-20-9-18(14-30-20)17-5-8-21-22(10-17)31-23(13-29)27-21/h3-10,13-14,23,27H,11-12,15,26H2,1-2H3. The van der Waals surface area contributed by atoms with E-state index in [1.165, 1.54) is 12.1 Å². The second-order valence-corrected chi connectivity index (χ2v) is 8.59. The lowest BCUT2D eigenvalue weighted by Gasteiger charge is -2.29. The minimum absolute atomic E-state index is 0.252. The van der Waals surface area contributed by atoms with Crippen LogP contribution in [0, 0.1) is 5.82 Å². The molecule has 0 radical (unpaired) electrons. The molecular formula is C24H26FN3O3. The summed E-state index contributed by atoms with van der Waals surface area (Å²) in [5.41, 5.74) is 9.52. The lowest BCUT2D eigenvalue weighted by molar-refractivity contribution is -0.112. The molecule has 1 unspecified atom stereocenters. The molecule has 0 spiro atoms. The fourth-order valence-electron chi connectivity index (χ4n) is 3.73. The smallest absolute Gasteiger partial charge is 0.226 e. The average molecular weight is 423 g/mol. The van der Waals surface area contributed by atoms with Gasteiger partial charge in [-0.05, 0) is 55.3 Å². The molecule has 0 aliphatic carbocycles. The third-order valence-corrected chi connectivity index (χ3v) is 4.97. The van der Waals surface area contributed by atoms with E-state index < -0.39 is 11.8 Å². The number of nitrogens with zero attached hydrogens (tertiary/aromatic N) is 1. The number of ether oxygens (including phenoxy) is 1. The normalized spacial score (nSPS) is 15.5. The van der Waals surface area contributed by atoms with E-state index in [2.05, 4.69) is 10.2 Å². The summed E-state index contributed by atoms with van der Waals surface area (Å²) in [6.45, 7) is 5.79. The van der Waals surface area contributed by atoms with Crippen LogP contribution in [0.3, 0.4) is 0 Å². The lowest BCUT2D eigenvalue weighted by atomic mass is 10.1. The van der Waals surface area contributed by atoms with E-state index in [9.17, 15) is 9.18 Å². The Morgan fingerprint density at radius 1 is 1.13 bits per heavy atom. The van der Waals surface area contributed by atoms with Crippen molar-refractivity contribution >= 4 is 12.0 Å². The molecule has 1 atom stereocenters. The van der Waals surface area contributed by atoms with E-state index in [0.717, 1.165) is 34.4 Å². The summed E-state index contributed by atoms with van der Waals surface area (Å²) in [6, 6.07) is 14.2. The van der Waals surface area contributed by atoms with Gasteiger partial charge in [0.1, 0.15) is 17.3 Å². The van der Waals surface area contributed by atoms with Crippen molar-refractivity contribution in [3.63, 3.8) is 0 Å². The van der Waals surface area contributed by atoms with Crippen molar-refractivity contribution in [1.29, 1.82) is 0 Å². The maximum Gasteiger partial charge on any atom is 0.226 e. The SMILES string of the molecule is CC(C)(N)CN(Cc1ccc(F)cc1)Cc1cc(-c2ccc3c(c2)OC(C=O)N3)co1. The molecule has 0 amide bonds. The quantitative estimate of drug-likeness (QED) is 0.530. The Morgan fingerprint density at radius 3 is 2.61 bits per heavy atom. The number of carbonyl (C=O) groups is 1. The highest BCUT2D eigenvalue weighted by molar-refractivity contribution is 5.76. The number of furan rings is 1. The first-order chi connectivity index (χ1) is 14.8. The zero-order valence-corrected chi connectivity index (χ0v) is 17.6. The Morgan fingerprint density at radius 2 is 1.90 bits per heavy atom.